The van der Waals surface area contributed by atoms with Gasteiger partial charge in [-0.1, -0.05) is 18.2 Å². The number of amides is 2. The number of nitrogens with one attached hydrogen (secondary N) is 1. The van der Waals surface area contributed by atoms with Gasteiger partial charge in [0.05, 0.1) is 11.8 Å². The molecule has 0 radical (unpaired) electrons. The lowest BCUT2D eigenvalue weighted by molar-refractivity contribution is -0.187. The highest BCUT2D eigenvalue weighted by atomic mass is 19.4. The maximum atomic E-state index is 12.9. The number of nitrogens with zero attached hydrogens (tertiary/aromatic N) is 2. The van der Waals surface area contributed by atoms with Crippen LogP contribution in [0.3, 0.4) is 0 Å². The standard InChI is InChI=1S/C17H22F3N3O3/c1-22(12-6-3-2-4-7-12)9-5-8-21-16(26)23-10-13(15(24)25)14(11-23)17(18,19)20/h2-4,6-7,13-14H,5,8-11H2,1H3,(H,21,26)(H,24,25)/t13-,14-/m1/s1. The Hall–Kier alpha value is -2.45. The van der Waals surface area contributed by atoms with E-state index in [2.05, 4.69) is 5.32 Å². The third-order valence-corrected chi connectivity index (χ3v) is 4.49. The Bertz CT molecular complexity index is 625. The second kappa shape index (κ2) is 8.29. The predicted molar refractivity (Wildman–Crippen MR) is 90.0 cm³/mol. The van der Waals surface area contributed by atoms with Gasteiger partial charge in [-0.15, -0.1) is 0 Å². The molecule has 6 nitrogen and oxygen atoms in total. The Labute approximate surface area is 149 Å². The van der Waals surface area contributed by atoms with Crippen molar-refractivity contribution >= 4 is 17.7 Å². The molecule has 9 heteroatoms. The molecule has 1 aliphatic heterocycles. The van der Waals surface area contributed by atoms with E-state index < -0.39 is 43.1 Å². The van der Waals surface area contributed by atoms with Gasteiger partial charge >= 0.3 is 18.2 Å². The summed E-state index contributed by atoms with van der Waals surface area (Å²) in [5, 5.41) is 11.5. The number of carbonyl (C=O) groups excluding carboxylic acids is 1. The average molecular weight is 373 g/mol. The number of carboxylic acids is 1. The van der Waals surface area contributed by atoms with Crippen LogP contribution in [-0.4, -0.2) is 61.4 Å². The summed E-state index contributed by atoms with van der Waals surface area (Å²) in [5.74, 6) is -5.19. The van der Waals surface area contributed by atoms with Crippen LogP contribution in [0.15, 0.2) is 30.3 Å². The molecule has 0 aliphatic carbocycles. The number of likely N-dealkylation sites (tertiary alicyclic amines) is 1. The number of hydrogen-bond donors (Lipinski definition) is 2. The smallest absolute Gasteiger partial charge is 0.394 e. The summed E-state index contributed by atoms with van der Waals surface area (Å²) in [5.41, 5.74) is 1.02. The van der Waals surface area contributed by atoms with Crippen LogP contribution in [0.5, 0.6) is 0 Å². The SMILES string of the molecule is CN(CCCNC(=O)N1C[C@@H](C(F)(F)F)[C@H](C(=O)O)C1)c1ccccc1. The topological polar surface area (TPSA) is 72.9 Å². The zero-order valence-electron chi connectivity index (χ0n) is 14.4. The fraction of sp³-hybridized carbons (Fsp3) is 0.529. The molecule has 0 spiro atoms. The monoisotopic (exact) mass is 373 g/mol. The van der Waals surface area contributed by atoms with E-state index in [-0.39, 0.29) is 0 Å². The van der Waals surface area contributed by atoms with Gasteiger partial charge in [-0.05, 0) is 18.6 Å². The van der Waals surface area contributed by atoms with Crippen LogP contribution < -0.4 is 10.2 Å². The van der Waals surface area contributed by atoms with Crippen LogP contribution in [0.1, 0.15) is 6.42 Å². The molecular weight excluding hydrogens is 351 g/mol. The third-order valence-electron chi connectivity index (χ3n) is 4.49. The number of rotatable bonds is 6. The first-order valence-electron chi connectivity index (χ1n) is 8.28. The maximum Gasteiger partial charge on any atom is 0.394 e. The van der Waals surface area contributed by atoms with E-state index in [0.717, 1.165) is 10.6 Å². The second-order valence-electron chi connectivity index (χ2n) is 6.34. The van der Waals surface area contributed by atoms with Gasteiger partial charge in [-0.25, -0.2) is 4.79 Å². The molecule has 0 saturated carbocycles. The largest absolute Gasteiger partial charge is 0.481 e. The summed E-state index contributed by atoms with van der Waals surface area (Å²) in [6.07, 6.45) is -4.04. The molecule has 1 heterocycles. The van der Waals surface area contributed by atoms with Crippen LogP contribution in [0.25, 0.3) is 0 Å². The van der Waals surface area contributed by atoms with Crippen molar-refractivity contribution in [3.8, 4) is 0 Å². The van der Waals surface area contributed by atoms with Gasteiger partial charge in [-0.2, -0.15) is 13.2 Å². The number of carbonyl (C=O) groups is 2. The summed E-state index contributed by atoms with van der Waals surface area (Å²) in [7, 11) is 1.91. The van der Waals surface area contributed by atoms with Crippen LogP contribution >= 0.6 is 0 Å². The van der Waals surface area contributed by atoms with Crippen molar-refractivity contribution < 1.29 is 27.9 Å². The van der Waals surface area contributed by atoms with Crippen LogP contribution in [0.4, 0.5) is 23.7 Å². The van der Waals surface area contributed by atoms with Gasteiger partial charge in [0.25, 0.3) is 0 Å². The summed E-state index contributed by atoms with van der Waals surface area (Å²) in [6.45, 7) is -0.111. The first-order valence-corrected chi connectivity index (χ1v) is 8.28. The van der Waals surface area contributed by atoms with E-state index >= 15 is 0 Å². The quantitative estimate of drug-likeness (QED) is 0.752. The fourth-order valence-corrected chi connectivity index (χ4v) is 2.99. The Morgan fingerprint density at radius 3 is 2.46 bits per heavy atom. The molecule has 1 aliphatic rings. The van der Waals surface area contributed by atoms with Crippen molar-refractivity contribution in [3.05, 3.63) is 30.3 Å². The predicted octanol–water partition coefficient (Wildman–Crippen LogP) is 2.42. The Kier molecular flexibility index (Phi) is 6.33. The molecular formula is C17H22F3N3O3. The van der Waals surface area contributed by atoms with Crippen LogP contribution in [0, 0.1) is 11.8 Å². The minimum atomic E-state index is -4.64. The zero-order valence-corrected chi connectivity index (χ0v) is 14.4. The summed E-state index contributed by atoms with van der Waals surface area (Å²) in [4.78, 5) is 26.0. The lowest BCUT2D eigenvalue weighted by atomic mass is 9.96. The average Bonchev–Trinajstić information content (AvgIpc) is 3.05. The Balaban J connectivity index is 1.78. The second-order valence-corrected chi connectivity index (χ2v) is 6.34. The summed E-state index contributed by atoms with van der Waals surface area (Å²) in [6, 6.07) is 8.98. The molecule has 1 aromatic carbocycles. The van der Waals surface area contributed by atoms with Crippen molar-refractivity contribution in [1.29, 1.82) is 0 Å². The molecule has 0 aromatic heterocycles. The molecule has 0 unspecified atom stereocenters. The van der Waals surface area contributed by atoms with Gasteiger partial charge in [-0.3, -0.25) is 4.79 Å². The van der Waals surface area contributed by atoms with Crippen molar-refractivity contribution in [2.45, 2.75) is 12.6 Å². The highest BCUT2D eigenvalue weighted by molar-refractivity contribution is 5.77. The fourth-order valence-electron chi connectivity index (χ4n) is 2.99. The molecule has 2 atom stereocenters. The molecule has 1 fully saturated rings. The number of carboxylic acid groups (broad SMARTS) is 1. The molecule has 144 valence electrons. The number of hydrogen-bond acceptors (Lipinski definition) is 3. The highest BCUT2D eigenvalue weighted by Gasteiger charge is 2.53. The van der Waals surface area contributed by atoms with Crippen LogP contribution in [-0.2, 0) is 4.79 Å². The molecule has 2 N–H and O–H groups in total. The van der Waals surface area contributed by atoms with E-state index in [0.29, 0.717) is 19.5 Å². The zero-order chi connectivity index (χ0) is 19.3. The lowest BCUT2D eigenvalue weighted by Crippen LogP contribution is -2.40. The molecule has 26 heavy (non-hydrogen) atoms. The first-order chi connectivity index (χ1) is 12.2. The molecule has 2 rings (SSSR count). The minimum absolute atomic E-state index is 0.293. The first kappa shape index (κ1) is 19.9. The van der Waals surface area contributed by atoms with Gasteiger partial charge in [0, 0.05) is 38.9 Å². The number of anilines is 1. The summed E-state index contributed by atoms with van der Waals surface area (Å²) >= 11 is 0. The number of benzene rings is 1. The van der Waals surface area contributed by atoms with Crippen molar-refractivity contribution in [3.63, 3.8) is 0 Å². The maximum absolute atomic E-state index is 12.9. The number of aliphatic carboxylic acids is 1. The number of urea groups is 1. The molecule has 2 amide bonds. The van der Waals surface area contributed by atoms with Gasteiger partial charge < -0.3 is 20.2 Å². The van der Waals surface area contributed by atoms with Gasteiger partial charge in [0.1, 0.15) is 0 Å². The lowest BCUT2D eigenvalue weighted by Gasteiger charge is -2.21. The van der Waals surface area contributed by atoms with Crippen molar-refractivity contribution in [1.82, 2.24) is 10.2 Å². The molecule has 1 saturated heterocycles. The Morgan fingerprint density at radius 2 is 1.92 bits per heavy atom. The van der Waals surface area contributed by atoms with E-state index in [1.54, 1.807) is 0 Å². The van der Waals surface area contributed by atoms with E-state index in [9.17, 15) is 22.8 Å². The van der Waals surface area contributed by atoms with Crippen molar-refractivity contribution in [2.24, 2.45) is 11.8 Å². The third kappa shape index (κ3) is 5.03. The number of para-hydroxylation sites is 1. The number of alkyl halides is 3. The van der Waals surface area contributed by atoms with Gasteiger partial charge in [0.15, 0.2) is 0 Å². The number of halogens is 3. The van der Waals surface area contributed by atoms with Crippen LogP contribution in [0.2, 0.25) is 0 Å². The van der Waals surface area contributed by atoms with Gasteiger partial charge in [0.2, 0.25) is 0 Å². The van der Waals surface area contributed by atoms with E-state index in [1.165, 1.54) is 0 Å². The molecule has 1 aromatic rings. The van der Waals surface area contributed by atoms with E-state index in [4.69, 9.17) is 5.11 Å². The normalized spacial score (nSPS) is 20.1. The van der Waals surface area contributed by atoms with Crippen molar-refractivity contribution in [2.75, 3.05) is 38.1 Å². The summed E-state index contributed by atoms with van der Waals surface area (Å²) < 4.78 is 38.8. The Morgan fingerprint density at radius 1 is 1.27 bits per heavy atom. The minimum Gasteiger partial charge on any atom is -0.481 e. The van der Waals surface area contributed by atoms with E-state index in [1.807, 2.05) is 42.3 Å². The highest BCUT2D eigenvalue weighted by Crippen LogP contribution is 2.37. The molecule has 0 bridgehead atoms.